The van der Waals surface area contributed by atoms with Crippen LogP contribution in [0.15, 0.2) is 40.8 Å². The molecule has 0 bridgehead atoms. The van der Waals surface area contributed by atoms with Gasteiger partial charge in [0.25, 0.3) is 5.91 Å². The summed E-state index contributed by atoms with van der Waals surface area (Å²) < 4.78 is 38.1. The smallest absolute Gasteiger partial charge is 0.254 e. The summed E-state index contributed by atoms with van der Waals surface area (Å²) in [7, 11) is 1.42. The second-order valence-electron chi connectivity index (χ2n) is 5.77. The van der Waals surface area contributed by atoms with Crippen LogP contribution in [0, 0.1) is 18.6 Å². The summed E-state index contributed by atoms with van der Waals surface area (Å²) in [6, 6.07) is 7.74. The maximum Gasteiger partial charge on any atom is 0.254 e. The first-order chi connectivity index (χ1) is 11.9. The lowest BCUT2D eigenvalue weighted by Crippen LogP contribution is -2.27. The zero-order valence-electron chi connectivity index (χ0n) is 14.0. The average Bonchev–Trinajstić information content (AvgIpc) is 2.91. The van der Waals surface area contributed by atoms with E-state index in [-0.39, 0.29) is 11.4 Å². The Balaban J connectivity index is 1.86. The van der Waals surface area contributed by atoms with Crippen LogP contribution in [0.5, 0.6) is 5.75 Å². The maximum absolute atomic E-state index is 14.0. The first kappa shape index (κ1) is 17.0. The zero-order valence-corrected chi connectivity index (χ0v) is 14.0. The van der Waals surface area contributed by atoms with Gasteiger partial charge >= 0.3 is 0 Å². The lowest BCUT2D eigenvalue weighted by Gasteiger charge is -2.13. The highest BCUT2D eigenvalue weighted by Crippen LogP contribution is 2.30. The number of ether oxygens (including phenoxy) is 1. The van der Waals surface area contributed by atoms with Crippen LogP contribution in [-0.2, 0) is 0 Å². The topological polar surface area (TPSA) is 51.5 Å². The van der Waals surface area contributed by atoms with Crippen molar-refractivity contribution in [3.8, 4) is 5.75 Å². The van der Waals surface area contributed by atoms with Crippen molar-refractivity contribution in [1.29, 1.82) is 0 Å². The second kappa shape index (κ2) is 6.55. The molecule has 0 saturated heterocycles. The summed E-state index contributed by atoms with van der Waals surface area (Å²) in [5.41, 5.74) is 1.18. The van der Waals surface area contributed by atoms with Crippen LogP contribution in [0.25, 0.3) is 11.0 Å². The largest absolute Gasteiger partial charge is 0.497 e. The molecule has 1 aromatic heterocycles. The van der Waals surface area contributed by atoms with E-state index in [1.807, 2.05) is 0 Å². The Bertz CT molecular complexity index is 949. The minimum Gasteiger partial charge on any atom is -0.497 e. The number of halogens is 2. The molecule has 0 aliphatic rings. The molecular formula is C19H17F2NO3. The summed E-state index contributed by atoms with van der Waals surface area (Å²) in [6.45, 7) is 3.51. The first-order valence-electron chi connectivity index (χ1n) is 7.73. The highest BCUT2D eigenvalue weighted by atomic mass is 19.1. The van der Waals surface area contributed by atoms with Gasteiger partial charge < -0.3 is 14.5 Å². The summed E-state index contributed by atoms with van der Waals surface area (Å²) in [4.78, 5) is 12.3. The fourth-order valence-corrected chi connectivity index (χ4v) is 2.77. The van der Waals surface area contributed by atoms with Crippen LogP contribution < -0.4 is 10.1 Å². The van der Waals surface area contributed by atoms with E-state index in [4.69, 9.17) is 9.15 Å². The number of aryl methyl sites for hydroxylation is 1. The Morgan fingerprint density at radius 3 is 2.64 bits per heavy atom. The SMILES string of the molecule is COc1ccc(C(=O)NC(C)c2oc3ccc(F)cc3c2C)c(F)c1. The number of rotatable bonds is 4. The molecule has 1 atom stereocenters. The summed E-state index contributed by atoms with van der Waals surface area (Å²) in [5, 5.41) is 3.35. The standard InChI is InChI=1S/C19H17F2NO3/c1-10-15-8-12(20)4-7-17(15)25-18(10)11(2)22-19(23)14-6-5-13(24-3)9-16(14)21/h4-9,11H,1-3H3,(H,22,23). The molecule has 6 heteroatoms. The number of furan rings is 1. The van der Waals surface area contributed by atoms with Gasteiger partial charge in [0.2, 0.25) is 0 Å². The van der Waals surface area contributed by atoms with E-state index >= 15 is 0 Å². The Labute approximate surface area is 143 Å². The Morgan fingerprint density at radius 2 is 1.96 bits per heavy atom. The fraction of sp³-hybridized carbons (Fsp3) is 0.211. The van der Waals surface area contributed by atoms with Gasteiger partial charge in [-0.2, -0.15) is 0 Å². The molecule has 1 N–H and O–H groups in total. The van der Waals surface area contributed by atoms with Gasteiger partial charge in [-0.15, -0.1) is 0 Å². The number of carbonyl (C=O) groups excluding carboxylic acids is 1. The number of methoxy groups -OCH3 is 1. The minimum absolute atomic E-state index is 0.0903. The highest BCUT2D eigenvalue weighted by molar-refractivity contribution is 5.95. The Kier molecular flexibility index (Phi) is 4.44. The van der Waals surface area contributed by atoms with Crippen LogP contribution in [0.3, 0.4) is 0 Å². The van der Waals surface area contributed by atoms with Gasteiger partial charge in [-0.3, -0.25) is 4.79 Å². The van der Waals surface area contributed by atoms with Crippen LogP contribution in [0.1, 0.15) is 34.6 Å². The van der Waals surface area contributed by atoms with Gasteiger partial charge in [-0.05, 0) is 44.2 Å². The van der Waals surface area contributed by atoms with Crippen molar-refractivity contribution in [3.05, 3.63) is 64.9 Å². The predicted octanol–water partition coefficient (Wildman–Crippen LogP) is 4.52. The third-order valence-corrected chi connectivity index (χ3v) is 4.10. The summed E-state index contributed by atoms with van der Waals surface area (Å²) in [6.07, 6.45) is 0. The highest BCUT2D eigenvalue weighted by Gasteiger charge is 2.21. The van der Waals surface area contributed by atoms with E-state index in [2.05, 4.69) is 5.32 Å². The minimum atomic E-state index is -0.674. The Hall–Kier alpha value is -2.89. The van der Waals surface area contributed by atoms with Crippen LogP contribution in [-0.4, -0.2) is 13.0 Å². The van der Waals surface area contributed by atoms with E-state index in [1.54, 1.807) is 19.9 Å². The molecule has 1 unspecified atom stereocenters. The third-order valence-electron chi connectivity index (χ3n) is 4.10. The van der Waals surface area contributed by atoms with E-state index in [9.17, 15) is 13.6 Å². The van der Waals surface area contributed by atoms with Gasteiger partial charge in [0.05, 0.1) is 18.7 Å². The monoisotopic (exact) mass is 345 g/mol. The molecule has 4 nitrogen and oxygen atoms in total. The Morgan fingerprint density at radius 1 is 1.20 bits per heavy atom. The molecule has 0 spiro atoms. The quantitative estimate of drug-likeness (QED) is 0.756. The molecule has 3 rings (SSSR count). The van der Waals surface area contributed by atoms with Crippen molar-refractivity contribution in [2.24, 2.45) is 0 Å². The molecule has 0 radical (unpaired) electrons. The molecule has 0 aliphatic heterocycles. The molecular weight excluding hydrogens is 328 g/mol. The molecule has 2 aromatic carbocycles. The number of fused-ring (bicyclic) bond motifs is 1. The van der Waals surface area contributed by atoms with Crippen molar-refractivity contribution in [2.75, 3.05) is 7.11 Å². The molecule has 1 amide bonds. The molecule has 25 heavy (non-hydrogen) atoms. The average molecular weight is 345 g/mol. The zero-order chi connectivity index (χ0) is 18.1. The van der Waals surface area contributed by atoms with Crippen molar-refractivity contribution in [2.45, 2.75) is 19.9 Å². The van der Waals surface area contributed by atoms with Gasteiger partial charge in [-0.1, -0.05) is 0 Å². The molecule has 0 saturated carbocycles. The maximum atomic E-state index is 14.0. The predicted molar refractivity (Wildman–Crippen MR) is 89.7 cm³/mol. The lowest BCUT2D eigenvalue weighted by atomic mass is 10.1. The van der Waals surface area contributed by atoms with E-state index in [0.717, 1.165) is 11.6 Å². The third kappa shape index (κ3) is 3.20. The number of hydrogen-bond donors (Lipinski definition) is 1. The van der Waals surface area contributed by atoms with Crippen molar-refractivity contribution < 1.29 is 22.7 Å². The number of amides is 1. The molecule has 3 aromatic rings. The second-order valence-corrected chi connectivity index (χ2v) is 5.77. The van der Waals surface area contributed by atoms with Crippen LogP contribution in [0.4, 0.5) is 8.78 Å². The number of nitrogens with one attached hydrogen (secondary N) is 1. The normalized spacial score (nSPS) is 12.2. The molecule has 130 valence electrons. The van der Waals surface area contributed by atoms with Gasteiger partial charge in [-0.25, -0.2) is 8.78 Å². The van der Waals surface area contributed by atoms with Gasteiger partial charge in [0, 0.05) is 17.0 Å². The summed E-state index contributed by atoms with van der Waals surface area (Å²) >= 11 is 0. The van der Waals surface area contributed by atoms with Crippen molar-refractivity contribution >= 4 is 16.9 Å². The van der Waals surface area contributed by atoms with E-state index in [1.165, 1.54) is 31.4 Å². The number of benzene rings is 2. The fourth-order valence-electron chi connectivity index (χ4n) is 2.77. The van der Waals surface area contributed by atoms with Crippen LogP contribution in [0.2, 0.25) is 0 Å². The lowest BCUT2D eigenvalue weighted by molar-refractivity contribution is 0.0931. The molecule has 0 fully saturated rings. The van der Waals surface area contributed by atoms with E-state index < -0.39 is 17.8 Å². The van der Waals surface area contributed by atoms with E-state index in [0.29, 0.717) is 22.5 Å². The summed E-state index contributed by atoms with van der Waals surface area (Å²) in [5.74, 6) is -0.772. The van der Waals surface area contributed by atoms with Gasteiger partial charge in [0.1, 0.15) is 28.7 Å². The van der Waals surface area contributed by atoms with Crippen molar-refractivity contribution in [3.63, 3.8) is 0 Å². The van der Waals surface area contributed by atoms with Crippen LogP contribution >= 0.6 is 0 Å². The molecule has 1 heterocycles. The van der Waals surface area contributed by atoms with Gasteiger partial charge in [0.15, 0.2) is 0 Å². The first-order valence-corrected chi connectivity index (χ1v) is 7.73. The molecule has 0 aliphatic carbocycles. The number of carbonyl (C=O) groups is 1. The van der Waals surface area contributed by atoms with Crippen molar-refractivity contribution in [1.82, 2.24) is 5.32 Å². The number of hydrogen-bond acceptors (Lipinski definition) is 3.